The summed E-state index contributed by atoms with van der Waals surface area (Å²) in [6.07, 6.45) is 0. The molecule has 1 aromatic carbocycles. The van der Waals surface area contributed by atoms with Gasteiger partial charge in [-0.05, 0) is 31.8 Å². The van der Waals surface area contributed by atoms with E-state index >= 15 is 0 Å². The lowest BCUT2D eigenvalue weighted by atomic mass is 9.81. The third-order valence-electron chi connectivity index (χ3n) is 4.79. The molecular weight excluding hydrogens is 264 g/mol. The molecule has 0 N–H and O–H groups in total. The average molecular weight is 290 g/mol. The van der Waals surface area contributed by atoms with E-state index < -0.39 is 0 Å². The number of rotatable bonds is 5. The molecule has 21 heavy (non-hydrogen) atoms. The maximum atomic E-state index is 5.77. The second-order valence-corrected chi connectivity index (χ2v) is 6.83. The van der Waals surface area contributed by atoms with Gasteiger partial charge in [0.05, 0.1) is 20.3 Å². The van der Waals surface area contributed by atoms with Crippen LogP contribution in [0.1, 0.15) is 5.56 Å². The molecular formula is C17H26N2O2. The average Bonchev–Trinajstić information content (AvgIpc) is 2.94. The molecule has 3 rings (SSSR count). The SMILES string of the molecule is COc1ccc(CN2C[C@@H]3COC[C@]3(CN(C)C)C2)cc1. The third-order valence-corrected chi connectivity index (χ3v) is 4.79. The molecule has 4 nitrogen and oxygen atoms in total. The minimum Gasteiger partial charge on any atom is -0.497 e. The van der Waals surface area contributed by atoms with Gasteiger partial charge in [0.1, 0.15) is 5.75 Å². The van der Waals surface area contributed by atoms with Crippen LogP contribution in [0.4, 0.5) is 0 Å². The van der Waals surface area contributed by atoms with Gasteiger partial charge in [0.15, 0.2) is 0 Å². The van der Waals surface area contributed by atoms with Crippen LogP contribution in [0.3, 0.4) is 0 Å². The molecule has 2 heterocycles. The van der Waals surface area contributed by atoms with Crippen molar-refractivity contribution in [3.63, 3.8) is 0 Å². The van der Waals surface area contributed by atoms with Crippen LogP contribution in [0, 0.1) is 11.3 Å². The zero-order chi connectivity index (χ0) is 14.9. The Morgan fingerprint density at radius 3 is 2.76 bits per heavy atom. The van der Waals surface area contributed by atoms with Crippen molar-refractivity contribution in [1.82, 2.24) is 9.80 Å². The van der Waals surface area contributed by atoms with Crippen LogP contribution >= 0.6 is 0 Å². The van der Waals surface area contributed by atoms with Crippen molar-refractivity contribution in [3.8, 4) is 5.75 Å². The highest BCUT2D eigenvalue weighted by atomic mass is 16.5. The number of ether oxygens (including phenoxy) is 2. The van der Waals surface area contributed by atoms with E-state index in [4.69, 9.17) is 9.47 Å². The standard InChI is InChI=1S/C17H26N2O2/c1-18(2)11-17-12-19(9-15(17)10-21-13-17)8-14-4-6-16(20-3)7-5-14/h4-7,15H,8-13H2,1-3H3/t15-,17+/m1/s1. The first kappa shape index (κ1) is 14.8. The molecule has 0 saturated carbocycles. The molecule has 0 radical (unpaired) electrons. The Balaban J connectivity index is 1.65. The van der Waals surface area contributed by atoms with E-state index in [1.165, 1.54) is 5.56 Å². The summed E-state index contributed by atoms with van der Waals surface area (Å²) in [4.78, 5) is 4.89. The monoisotopic (exact) mass is 290 g/mol. The van der Waals surface area contributed by atoms with Crippen LogP contribution in [-0.2, 0) is 11.3 Å². The molecule has 2 atom stereocenters. The second kappa shape index (κ2) is 5.95. The Labute approximate surface area is 127 Å². The summed E-state index contributed by atoms with van der Waals surface area (Å²) in [5.41, 5.74) is 1.69. The zero-order valence-corrected chi connectivity index (χ0v) is 13.3. The van der Waals surface area contributed by atoms with E-state index in [1.807, 2.05) is 12.1 Å². The highest BCUT2D eigenvalue weighted by Crippen LogP contribution is 2.42. The van der Waals surface area contributed by atoms with Crippen molar-refractivity contribution in [3.05, 3.63) is 29.8 Å². The van der Waals surface area contributed by atoms with Gasteiger partial charge >= 0.3 is 0 Å². The molecule has 1 aromatic rings. The van der Waals surface area contributed by atoms with E-state index in [2.05, 4.69) is 36.0 Å². The number of likely N-dealkylation sites (tertiary alicyclic amines) is 1. The first-order chi connectivity index (χ1) is 10.1. The van der Waals surface area contributed by atoms with Crippen molar-refractivity contribution in [2.24, 2.45) is 11.3 Å². The Morgan fingerprint density at radius 2 is 2.10 bits per heavy atom. The van der Waals surface area contributed by atoms with Gasteiger partial charge in [-0.15, -0.1) is 0 Å². The fourth-order valence-electron chi connectivity index (χ4n) is 3.91. The molecule has 2 aliphatic heterocycles. The molecule has 0 aromatic heterocycles. The van der Waals surface area contributed by atoms with Crippen molar-refractivity contribution < 1.29 is 9.47 Å². The number of hydrogen-bond donors (Lipinski definition) is 0. The highest BCUT2D eigenvalue weighted by molar-refractivity contribution is 5.27. The third kappa shape index (κ3) is 3.07. The van der Waals surface area contributed by atoms with Gasteiger partial charge in [-0.2, -0.15) is 0 Å². The van der Waals surface area contributed by atoms with Crippen molar-refractivity contribution in [1.29, 1.82) is 0 Å². The molecule has 0 unspecified atom stereocenters. The van der Waals surface area contributed by atoms with Gasteiger partial charge in [0.25, 0.3) is 0 Å². The molecule has 0 spiro atoms. The minimum atomic E-state index is 0.329. The molecule has 0 aliphatic carbocycles. The maximum absolute atomic E-state index is 5.77. The number of benzene rings is 1. The zero-order valence-electron chi connectivity index (χ0n) is 13.3. The number of fused-ring (bicyclic) bond motifs is 1. The van der Waals surface area contributed by atoms with Gasteiger partial charge in [0, 0.05) is 37.5 Å². The molecule has 2 fully saturated rings. The van der Waals surface area contributed by atoms with Crippen molar-refractivity contribution in [2.45, 2.75) is 6.54 Å². The minimum absolute atomic E-state index is 0.329. The fraction of sp³-hybridized carbons (Fsp3) is 0.647. The lowest BCUT2D eigenvalue weighted by Crippen LogP contribution is -2.40. The van der Waals surface area contributed by atoms with Gasteiger partial charge in [-0.1, -0.05) is 12.1 Å². The lowest BCUT2D eigenvalue weighted by Gasteiger charge is -2.30. The van der Waals surface area contributed by atoms with E-state index in [0.29, 0.717) is 11.3 Å². The van der Waals surface area contributed by atoms with Crippen LogP contribution in [0.25, 0.3) is 0 Å². The topological polar surface area (TPSA) is 24.9 Å². The smallest absolute Gasteiger partial charge is 0.118 e. The molecule has 0 bridgehead atoms. The predicted octanol–water partition coefficient (Wildman–Crippen LogP) is 1.71. The molecule has 2 saturated heterocycles. The number of nitrogens with zero attached hydrogens (tertiary/aromatic N) is 2. The Bertz CT molecular complexity index is 474. The van der Waals surface area contributed by atoms with E-state index in [0.717, 1.165) is 45.1 Å². The Hall–Kier alpha value is -1.10. The molecule has 2 aliphatic rings. The van der Waals surface area contributed by atoms with Crippen LogP contribution < -0.4 is 4.74 Å². The van der Waals surface area contributed by atoms with E-state index in [1.54, 1.807) is 7.11 Å². The predicted molar refractivity (Wildman–Crippen MR) is 83.6 cm³/mol. The van der Waals surface area contributed by atoms with Crippen LogP contribution in [0.5, 0.6) is 5.75 Å². The van der Waals surface area contributed by atoms with Gasteiger partial charge in [0.2, 0.25) is 0 Å². The Morgan fingerprint density at radius 1 is 1.33 bits per heavy atom. The summed E-state index contributed by atoms with van der Waals surface area (Å²) < 4.78 is 11.0. The highest BCUT2D eigenvalue weighted by Gasteiger charge is 2.50. The van der Waals surface area contributed by atoms with E-state index in [9.17, 15) is 0 Å². The first-order valence-corrected chi connectivity index (χ1v) is 7.69. The van der Waals surface area contributed by atoms with E-state index in [-0.39, 0.29) is 0 Å². The largest absolute Gasteiger partial charge is 0.497 e. The van der Waals surface area contributed by atoms with Crippen LogP contribution in [-0.4, -0.2) is 63.9 Å². The normalized spacial score (nSPS) is 29.0. The molecule has 0 amide bonds. The fourth-order valence-corrected chi connectivity index (χ4v) is 3.91. The second-order valence-electron chi connectivity index (χ2n) is 6.83. The summed E-state index contributed by atoms with van der Waals surface area (Å²) in [6, 6.07) is 8.43. The lowest BCUT2D eigenvalue weighted by molar-refractivity contribution is 0.109. The van der Waals surface area contributed by atoms with Crippen LogP contribution in [0.15, 0.2) is 24.3 Å². The van der Waals surface area contributed by atoms with Crippen molar-refractivity contribution >= 4 is 0 Å². The van der Waals surface area contributed by atoms with Crippen molar-refractivity contribution in [2.75, 3.05) is 54.1 Å². The Kier molecular flexibility index (Phi) is 4.20. The first-order valence-electron chi connectivity index (χ1n) is 7.69. The summed E-state index contributed by atoms with van der Waals surface area (Å²) in [5.74, 6) is 1.60. The molecule has 4 heteroatoms. The van der Waals surface area contributed by atoms with Gasteiger partial charge < -0.3 is 14.4 Å². The maximum Gasteiger partial charge on any atom is 0.118 e. The van der Waals surface area contributed by atoms with Gasteiger partial charge in [-0.25, -0.2) is 0 Å². The number of methoxy groups -OCH3 is 1. The summed E-state index contributed by atoms with van der Waals surface area (Å²) in [6.45, 7) is 6.27. The summed E-state index contributed by atoms with van der Waals surface area (Å²) >= 11 is 0. The number of hydrogen-bond acceptors (Lipinski definition) is 4. The quantitative estimate of drug-likeness (QED) is 0.824. The molecule has 116 valence electrons. The van der Waals surface area contributed by atoms with Crippen LogP contribution in [0.2, 0.25) is 0 Å². The van der Waals surface area contributed by atoms with Gasteiger partial charge in [-0.3, -0.25) is 4.90 Å². The summed E-state index contributed by atoms with van der Waals surface area (Å²) in [7, 11) is 6.04. The summed E-state index contributed by atoms with van der Waals surface area (Å²) in [5, 5.41) is 0.